The molecule has 3 aromatic rings. The summed E-state index contributed by atoms with van der Waals surface area (Å²) in [5.41, 5.74) is 4.87. The third-order valence-corrected chi connectivity index (χ3v) is 9.12. The third kappa shape index (κ3) is 7.97. The first-order valence-electron chi connectivity index (χ1n) is 14.2. The van der Waals surface area contributed by atoms with Gasteiger partial charge in [-0.25, -0.2) is 8.42 Å². The van der Waals surface area contributed by atoms with Gasteiger partial charge in [-0.05, 0) is 82.3 Å². The maximum absolute atomic E-state index is 14.2. The van der Waals surface area contributed by atoms with Crippen LogP contribution in [0.2, 0.25) is 0 Å². The van der Waals surface area contributed by atoms with Crippen molar-refractivity contribution in [1.82, 2.24) is 10.2 Å². The molecule has 0 fully saturated rings. The van der Waals surface area contributed by atoms with E-state index in [4.69, 9.17) is 0 Å². The van der Waals surface area contributed by atoms with Gasteiger partial charge in [0, 0.05) is 12.6 Å². The van der Waals surface area contributed by atoms with Crippen molar-refractivity contribution >= 4 is 27.5 Å². The van der Waals surface area contributed by atoms with E-state index in [0.29, 0.717) is 12.1 Å². The summed E-state index contributed by atoms with van der Waals surface area (Å²) in [5, 5.41) is 3.01. The van der Waals surface area contributed by atoms with Gasteiger partial charge in [0.2, 0.25) is 11.8 Å². The molecule has 2 amide bonds. The fourth-order valence-corrected chi connectivity index (χ4v) is 6.18. The fourth-order valence-electron chi connectivity index (χ4n) is 4.71. The van der Waals surface area contributed by atoms with Crippen molar-refractivity contribution in [3.63, 3.8) is 0 Å². The molecule has 2 atom stereocenters. The van der Waals surface area contributed by atoms with Gasteiger partial charge in [0.15, 0.2) is 0 Å². The maximum atomic E-state index is 14.2. The number of nitrogens with zero attached hydrogens (tertiary/aromatic N) is 2. The highest BCUT2D eigenvalue weighted by Gasteiger charge is 2.34. The smallest absolute Gasteiger partial charge is 0.264 e. The van der Waals surface area contributed by atoms with Crippen LogP contribution in [0.5, 0.6) is 0 Å². The SMILES string of the molecule is CC[C@@H](C)NC(=O)[C@@H](CC)N(Cc1cccc(C)c1)C(=O)CN(c1cc(C)ccc1C)S(=O)(=O)c1ccc(C)cc1. The summed E-state index contributed by atoms with van der Waals surface area (Å²) in [6, 6.07) is 19.1. The molecule has 41 heavy (non-hydrogen) atoms. The Morgan fingerprint density at radius 2 is 1.46 bits per heavy atom. The van der Waals surface area contributed by atoms with Gasteiger partial charge in [0.1, 0.15) is 12.6 Å². The van der Waals surface area contributed by atoms with E-state index in [9.17, 15) is 18.0 Å². The fraction of sp³-hybridized carbons (Fsp3) is 0.394. The van der Waals surface area contributed by atoms with E-state index < -0.39 is 28.5 Å². The zero-order valence-corrected chi connectivity index (χ0v) is 26.1. The average molecular weight is 578 g/mol. The number of carbonyl (C=O) groups excluding carboxylic acids is 2. The Kier molecular flexibility index (Phi) is 10.7. The molecule has 220 valence electrons. The third-order valence-electron chi connectivity index (χ3n) is 7.34. The van der Waals surface area contributed by atoms with E-state index in [1.807, 2.05) is 84.9 Å². The zero-order chi connectivity index (χ0) is 30.3. The van der Waals surface area contributed by atoms with Crippen molar-refractivity contribution in [2.45, 2.75) is 84.8 Å². The van der Waals surface area contributed by atoms with E-state index in [2.05, 4.69) is 5.32 Å². The van der Waals surface area contributed by atoms with Crippen LogP contribution >= 0.6 is 0 Å². The lowest BCUT2D eigenvalue weighted by molar-refractivity contribution is -0.140. The predicted molar refractivity (Wildman–Crippen MR) is 165 cm³/mol. The zero-order valence-electron chi connectivity index (χ0n) is 25.3. The van der Waals surface area contributed by atoms with Crippen LogP contribution in [0.3, 0.4) is 0 Å². The molecule has 0 bridgehead atoms. The van der Waals surface area contributed by atoms with E-state index in [-0.39, 0.29) is 23.4 Å². The quantitative estimate of drug-likeness (QED) is 0.293. The second-order valence-corrected chi connectivity index (χ2v) is 12.7. The Morgan fingerprint density at radius 1 is 0.829 bits per heavy atom. The number of amides is 2. The van der Waals surface area contributed by atoms with E-state index in [1.54, 1.807) is 30.3 Å². The average Bonchev–Trinajstić information content (AvgIpc) is 2.93. The molecule has 3 aromatic carbocycles. The van der Waals surface area contributed by atoms with E-state index >= 15 is 0 Å². The largest absolute Gasteiger partial charge is 0.352 e. The second kappa shape index (κ2) is 13.8. The summed E-state index contributed by atoms with van der Waals surface area (Å²) < 4.78 is 29.4. The molecule has 0 radical (unpaired) electrons. The Bertz CT molecular complexity index is 1470. The lowest BCUT2D eigenvalue weighted by Crippen LogP contribution is -2.53. The van der Waals surface area contributed by atoms with Gasteiger partial charge in [0.25, 0.3) is 10.0 Å². The first-order chi connectivity index (χ1) is 19.4. The molecule has 0 spiro atoms. The van der Waals surface area contributed by atoms with Gasteiger partial charge in [-0.1, -0.05) is 73.5 Å². The van der Waals surface area contributed by atoms with Crippen molar-refractivity contribution in [2.75, 3.05) is 10.8 Å². The molecule has 0 saturated heterocycles. The van der Waals surface area contributed by atoms with Gasteiger partial charge in [-0.15, -0.1) is 0 Å². The van der Waals surface area contributed by atoms with Crippen LogP contribution in [-0.4, -0.2) is 43.8 Å². The molecule has 0 aliphatic carbocycles. The monoisotopic (exact) mass is 577 g/mol. The molecule has 8 heteroatoms. The summed E-state index contributed by atoms with van der Waals surface area (Å²) in [5.74, 6) is -0.697. The molecule has 0 unspecified atom stereocenters. The molecule has 1 N–H and O–H groups in total. The second-order valence-electron chi connectivity index (χ2n) is 10.9. The molecule has 3 rings (SSSR count). The van der Waals surface area contributed by atoms with Gasteiger partial charge in [0.05, 0.1) is 10.6 Å². The van der Waals surface area contributed by atoms with Crippen LogP contribution < -0.4 is 9.62 Å². The van der Waals surface area contributed by atoms with Crippen LogP contribution in [0.4, 0.5) is 5.69 Å². The minimum atomic E-state index is -4.11. The van der Waals surface area contributed by atoms with Crippen LogP contribution in [0.1, 0.15) is 61.4 Å². The highest BCUT2D eigenvalue weighted by atomic mass is 32.2. The molecule has 0 aliphatic rings. The van der Waals surface area contributed by atoms with Gasteiger partial charge in [-0.3, -0.25) is 13.9 Å². The number of hydrogen-bond donors (Lipinski definition) is 1. The first kappa shape index (κ1) is 31.9. The molecular formula is C33H43N3O4S. The van der Waals surface area contributed by atoms with E-state index in [1.165, 1.54) is 9.21 Å². The van der Waals surface area contributed by atoms with Crippen molar-refractivity contribution in [1.29, 1.82) is 0 Å². The number of aryl methyl sites for hydroxylation is 4. The Hall–Kier alpha value is -3.65. The summed E-state index contributed by atoms with van der Waals surface area (Å²) >= 11 is 0. The van der Waals surface area contributed by atoms with Crippen LogP contribution in [0.25, 0.3) is 0 Å². The number of nitrogens with one attached hydrogen (secondary N) is 1. The molecule has 0 saturated carbocycles. The summed E-state index contributed by atoms with van der Waals surface area (Å²) in [4.78, 5) is 29.3. The number of benzene rings is 3. The Morgan fingerprint density at radius 3 is 2.07 bits per heavy atom. The van der Waals surface area contributed by atoms with E-state index in [0.717, 1.165) is 34.2 Å². The number of hydrogen-bond acceptors (Lipinski definition) is 4. The van der Waals surface area contributed by atoms with Crippen molar-refractivity contribution in [2.24, 2.45) is 0 Å². The van der Waals surface area contributed by atoms with Crippen LogP contribution in [0, 0.1) is 27.7 Å². The summed E-state index contributed by atoms with van der Waals surface area (Å²) in [6.07, 6.45) is 1.14. The van der Waals surface area contributed by atoms with Gasteiger partial charge >= 0.3 is 0 Å². The highest BCUT2D eigenvalue weighted by Crippen LogP contribution is 2.29. The minimum absolute atomic E-state index is 0.0548. The molecule has 0 heterocycles. The number of carbonyl (C=O) groups is 2. The standard InChI is InChI=1S/C33H43N3O4S/c1-8-27(7)34-33(38)30(9-2)35(21-28-12-10-11-24(4)19-28)32(37)22-36(31-20-25(5)13-16-26(31)6)41(39,40)29-17-14-23(3)15-18-29/h10-20,27,30H,8-9,21-22H2,1-7H3,(H,34,38)/t27-,30-/m1/s1. The molecule has 7 nitrogen and oxygen atoms in total. The summed E-state index contributed by atoms with van der Waals surface area (Å²) in [6.45, 7) is 13.1. The predicted octanol–water partition coefficient (Wildman–Crippen LogP) is 5.84. The van der Waals surface area contributed by atoms with Gasteiger partial charge in [-0.2, -0.15) is 0 Å². The topological polar surface area (TPSA) is 86.8 Å². The highest BCUT2D eigenvalue weighted by molar-refractivity contribution is 7.92. The number of anilines is 1. The first-order valence-corrected chi connectivity index (χ1v) is 15.6. The van der Waals surface area contributed by atoms with Crippen molar-refractivity contribution in [3.05, 3.63) is 94.5 Å². The van der Waals surface area contributed by atoms with Crippen molar-refractivity contribution in [3.8, 4) is 0 Å². The van der Waals surface area contributed by atoms with Gasteiger partial charge < -0.3 is 10.2 Å². The normalized spacial score (nSPS) is 12.9. The Balaban J connectivity index is 2.10. The maximum Gasteiger partial charge on any atom is 0.264 e. The number of rotatable bonds is 12. The van der Waals surface area contributed by atoms with Crippen LogP contribution in [0.15, 0.2) is 71.6 Å². The minimum Gasteiger partial charge on any atom is -0.352 e. The lowest BCUT2D eigenvalue weighted by Gasteiger charge is -2.34. The number of sulfonamides is 1. The molecular weight excluding hydrogens is 534 g/mol. The molecule has 0 aromatic heterocycles. The Labute approximate surface area is 245 Å². The molecule has 0 aliphatic heterocycles. The van der Waals surface area contributed by atoms with Crippen LogP contribution in [-0.2, 0) is 26.2 Å². The summed E-state index contributed by atoms with van der Waals surface area (Å²) in [7, 11) is -4.11. The lowest BCUT2D eigenvalue weighted by atomic mass is 10.1. The van der Waals surface area contributed by atoms with Crippen molar-refractivity contribution < 1.29 is 18.0 Å².